The minimum atomic E-state index is 0.226. The molecular formula is C21H24N6O. The first-order chi connectivity index (χ1) is 13.8. The zero-order valence-corrected chi connectivity index (χ0v) is 15.8. The van der Waals surface area contributed by atoms with E-state index in [2.05, 4.69) is 20.2 Å². The highest BCUT2D eigenvalue weighted by Crippen LogP contribution is 2.41. The molecule has 0 aromatic carbocycles. The molecule has 0 aliphatic carbocycles. The SMILES string of the molecule is OC[C@H]1CC2(CCN(c3nc(-c4ccncc4)nc4cnccc34)CC2)CN1. The summed E-state index contributed by atoms with van der Waals surface area (Å²) < 4.78 is 0. The number of fused-ring (bicyclic) bond motifs is 1. The minimum absolute atomic E-state index is 0.226. The van der Waals surface area contributed by atoms with Gasteiger partial charge in [0.2, 0.25) is 0 Å². The maximum absolute atomic E-state index is 9.47. The first kappa shape index (κ1) is 17.5. The maximum Gasteiger partial charge on any atom is 0.162 e. The summed E-state index contributed by atoms with van der Waals surface area (Å²) in [5.74, 6) is 1.69. The lowest BCUT2D eigenvalue weighted by atomic mass is 9.76. The first-order valence-corrected chi connectivity index (χ1v) is 9.88. The van der Waals surface area contributed by atoms with E-state index in [1.54, 1.807) is 18.6 Å². The fourth-order valence-corrected chi connectivity index (χ4v) is 4.57. The van der Waals surface area contributed by atoms with Gasteiger partial charge in [-0.05, 0) is 42.9 Å². The number of piperidine rings is 1. The zero-order valence-electron chi connectivity index (χ0n) is 15.8. The van der Waals surface area contributed by atoms with Gasteiger partial charge in [0.15, 0.2) is 5.82 Å². The molecule has 0 saturated carbocycles. The molecule has 7 nitrogen and oxygen atoms in total. The Hall–Kier alpha value is -2.64. The van der Waals surface area contributed by atoms with Crippen molar-refractivity contribution in [2.75, 3.05) is 31.1 Å². The molecule has 28 heavy (non-hydrogen) atoms. The molecule has 3 aromatic rings. The van der Waals surface area contributed by atoms with Crippen LogP contribution < -0.4 is 10.2 Å². The van der Waals surface area contributed by atoms with Gasteiger partial charge in [0, 0.05) is 55.2 Å². The van der Waals surface area contributed by atoms with Crippen LogP contribution in [0.2, 0.25) is 0 Å². The van der Waals surface area contributed by atoms with Crippen LogP contribution in [0.15, 0.2) is 43.0 Å². The van der Waals surface area contributed by atoms with Gasteiger partial charge in [0.25, 0.3) is 0 Å². The number of nitrogens with one attached hydrogen (secondary N) is 1. The molecule has 144 valence electrons. The summed E-state index contributed by atoms with van der Waals surface area (Å²) in [5, 5.41) is 14.0. The molecule has 5 heterocycles. The predicted molar refractivity (Wildman–Crippen MR) is 108 cm³/mol. The highest BCUT2D eigenvalue weighted by Gasteiger charge is 2.41. The Morgan fingerprint density at radius 3 is 2.61 bits per heavy atom. The minimum Gasteiger partial charge on any atom is -0.395 e. The number of nitrogens with zero attached hydrogens (tertiary/aromatic N) is 5. The molecule has 1 atom stereocenters. The van der Waals surface area contributed by atoms with E-state index in [1.165, 1.54) is 0 Å². The van der Waals surface area contributed by atoms with Crippen LogP contribution in [0.1, 0.15) is 19.3 Å². The van der Waals surface area contributed by atoms with Crippen LogP contribution in [0.5, 0.6) is 0 Å². The van der Waals surface area contributed by atoms with E-state index in [4.69, 9.17) is 9.97 Å². The highest BCUT2D eigenvalue weighted by atomic mass is 16.3. The molecule has 2 aliphatic heterocycles. The molecule has 0 radical (unpaired) electrons. The van der Waals surface area contributed by atoms with Crippen LogP contribution in [0.25, 0.3) is 22.3 Å². The summed E-state index contributed by atoms with van der Waals surface area (Å²) in [6, 6.07) is 6.12. The molecular weight excluding hydrogens is 352 g/mol. The molecule has 1 spiro atoms. The Balaban J connectivity index is 1.47. The molecule has 2 N–H and O–H groups in total. The van der Waals surface area contributed by atoms with Crippen LogP contribution >= 0.6 is 0 Å². The number of anilines is 1. The monoisotopic (exact) mass is 376 g/mol. The predicted octanol–water partition coefficient (Wildman–Crippen LogP) is 2.03. The average Bonchev–Trinajstić information content (AvgIpc) is 3.17. The zero-order chi connectivity index (χ0) is 19.0. The van der Waals surface area contributed by atoms with Gasteiger partial charge in [-0.3, -0.25) is 9.97 Å². The Morgan fingerprint density at radius 1 is 1.07 bits per heavy atom. The fraction of sp³-hybridized carbons (Fsp3) is 0.429. The lowest BCUT2D eigenvalue weighted by molar-refractivity contribution is 0.215. The Bertz CT molecular complexity index is 971. The fourth-order valence-electron chi connectivity index (χ4n) is 4.57. The largest absolute Gasteiger partial charge is 0.395 e. The van der Waals surface area contributed by atoms with Crippen molar-refractivity contribution in [3.05, 3.63) is 43.0 Å². The number of aromatic nitrogens is 4. The van der Waals surface area contributed by atoms with Crippen molar-refractivity contribution in [2.24, 2.45) is 5.41 Å². The standard InChI is InChI=1S/C21H24N6O/c28-13-16-11-21(14-24-16)4-9-27(10-5-21)20-17-3-8-23-12-18(17)25-19(26-20)15-1-6-22-7-2-15/h1-3,6-8,12,16,24,28H,4-5,9-11,13-14H2/t16-/m1/s1. The van der Waals surface area contributed by atoms with Crippen molar-refractivity contribution >= 4 is 16.7 Å². The molecule has 3 aromatic heterocycles. The second-order valence-electron chi connectivity index (χ2n) is 7.95. The molecule has 0 bridgehead atoms. The van der Waals surface area contributed by atoms with Gasteiger partial charge >= 0.3 is 0 Å². The van der Waals surface area contributed by atoms with Crippen molar-refractivity contribution in [3.8, 4) is 11.4 Å². The van der Waals surface area contributed by atoms with E-state index in [1.807, 2.05) is 24.4 Å². The van der Waals surface area contributed by atoms with E-state index in [0.29, 0.717) is 11.2 Å². The van der Waals surface area contributed by atoms with Crippen LogP contribution in [0.3, 0.4) is 0 Å². The Labute approximate surface area is 163 Å². The van der Waals surface area contributed by atoms with Gasteiger partial charge < -0.3 is 15.3 Å². The van der Waals surface area contributed by atoms with Gasteiger partial charge in [-0.25, -0.2) is 9.97 Å². The summed E-state index contributed by atoms with van der Waals surface area (Å²) >= 11 is 0. The first-order valence-electron chi connectivity index (χ1n) is 9.88. The summed E-state index contributed by atoms with van der Waals surface area (Å²) in [7, 11) is 0. The van der Waals surface area contributed by atoms with E-state index in [0.717, 1.165) is 61.2 Å². The number of hydrogen-bond acceptors (Lipinski definition) is 7. The van der Waals surface area contributed by atoms with Crippen LogP contribution in [0.4, 0.5) is 5.82 Å². The summed E-state index contributed by atoms with van der Waals surface area (Å²) in [5.41, 5.74) is 2.13. The van der Waals surface area contributed by atoms with Gasteiger partial charge in [0.1, 0.15) is 5.82 Å². The number of pyridine rings is 2. The van der Waals surface area contributed by atoms with Gasteiger partial charge in [0.05, 0.1) is 18.3 Å². The third kappa shape index (κ3) is 3.10. The van der Waals surface area contributed by atoms with E-state index in [9.17, 15) is 5.11 Å². The second-order valence-corrected chi connectivity index (χ2v) is 7.95. The Kier molecular flexibility index (Phi) is 4.41. The van der Waals surface area contributed by atoms with Crippen LogP contribution in [-0.2, 0) is 0 Å². The topological polar surface area (TPSA) is 87.1 Å². The maximum atomic E-state index is 9.47. The van der Waals surface area contributed by atoms with Crippen molar-refractivity contribution in [3.63, 3.8) is 0 Å². The lowest BCUT2D eigenvalue weighted by Crippen LogP contribution is -2.41. The number of aliphatic hydroxyl groups excluding tert-OH is 1. The summed E-state index contributed by atoms with van der Waals surface area (Å²) in [6.07, 6.45) is 10.4. The summed E-state index contributed by atoms with van der Waals surface area (Å²) in [4.78, 5) is 20.4. The van der Waals surface area contributed by atoms with Crippen LogP contribution in [-0.4, -0.2) is 57.3 Å². The van der Waals surface area contributed by atoms with Crippen molar-refractivity contribution < 1.29 is 5.11 Å². The molecule has 0 unspecified atom stereocenters. The molecule has 2 fully saturated rings. The molecule has 0 amide bonds. The number of aliphatic hydroxyl groups is 1. The van der Waals surface area contributed by atoms with Gasteiger partial charge in [-0.15, -0.1) is 0 Å². The summed E-state index contributed by atoms with van der Waals surface area (Å²) in [6.45, 7) is 3.15. The molecule has 5 rings (SSSR count). The third-order valence-corrected chi connectivity index (χ3v) is 6.21. The average molecular weight is 376 g/mol. The quantitative estimate of drug-likeness (QED) is 0.723. The van der Waals surface area contributed by atoms with E-state index < -0.39 is 0 Å². The second kappa shape index (κ2) is 7.07. The van der Waals surface area contributed by atoms with E-state index >= 15 is 0 Å². The van der Waals surface area contributed by atoms with Gasteiger partial charge in [-0.2, -0.15) is 0 Å². The molecule has 2 aliphatic rings. The number of rotatable bonds is 3. The lowest BCUT2D eigenvalue weighted by Gasteiger charge is -2.40. The molecule has 7 heteroatoms. The van der Waals surface area contributed by atoms with Crippen molar-refractivity contribution in [2.45, 2.75) is 25.3 Å². The smallest absolute Gasteiger partial charge is 0.162 e. The van der Waals surface area contributed by atoms with Crippen molar-refractivity contribution in [1.82, 2.24) is 25.3 Å². The van der Waals surface area contributed by atoms with E-state index in [-0.39, 0.29) is 12.6 Å². The third-order valence-electron chi connectivity index (χ3n) is 6.21. The Morgan fingerprint density at radius 2 is 1.86 bits per heavy atom. The van der Waals surface area contributed by atoms with Crippen molar-refractivity contribution in [1.29, 1.82) is 0 Å². The number of hydrogen-bond donors (Lipinski definition) is 2. The highest BCUT2D eigenvalue weighted by molar-refractivity contribution is 5.90. The normalized spacial score (nSPS) is 21.5. The van der Waals surface area contributed by atoms with Crippen LogP contribution in [0, 0.1) is 5.41 Å². The van der Waals surface area contributed by atoms with Gasteiger partial charge in [-0.1, -0.05) is 0 Å². The molecule has 2 saturated heterocycles.